The number of aromatic nitrogens is 11. The van der Waals surface area contributed by atoms with E-state index in [1.165, 1.54) is 114 Å². The Kier molecular flexibility index (Phi) is 38.7. The third-order valence-electron chi connectivity index (χ3n) is 17.6. The van der Waals surface area contributed by atoms with Crippen LogP contribution in [-0.4, -0.2) is 154 Å². The lowest BCUT2D eigenvalue weighted by Gasteiger charge is -2.18. The molecular weight excluding hydrogens is 1730 g/mol. The number of hydrogen-bond donors (Lipinski definition) is 8. The quantitative estimate of drug-likeness (QED) is 0.0128. The maximum atomic E-state index is 13.2. The van der Waals surface area contributed by atoms with Crippen LogP contribution in [0.25, 0.3) is 0 Å². The summed E-state index contributed by atoms with van der Waals surface area (Å²) in [5, 5.41) is 18.6. The van der Waals surface area contributed by atoms with Crippen LogP contribution in [-0.2, 0) is 58.3 Å². The number of pyridine rings is 1. The molecule has 35 nitrogen and oxygen atoms in total. The van der Waals surface area contributed by atoms with Gasteiger partial charge in [-0.3, -0.25) is 48.1 Å². The maximum Gasteiger partial charge on any atom is 0.356 e. The van der Waals surface area contributed by atoms with E-state index >= 15 is 0 Å². The monoisotopic (exact) mass is 1820 g/mol. The molecule has 0 saturated heterocycles. The molecular formula is C90H85ClF5N19O16. The van der Waals surface area contributed by atoms with E-state index in [0.717, 1.165) is 46.8 Å². The zero-order chi connectivity index (χ0) is 94.7. The number of nitrogens with two attached hydrogens (primary N) is 1. The fourth-order valence-electron chi connectivity index (χ4n) is 10.8. The molecule has 1 aliphatic rings. The molecule has 0 aliphatic carbocycles. The predicted octanol–water partition coefficient (Wildman–Crippen LogP) is 10.9. The summed E-state index contributed by atoms with van der Waals surface area (Å²) in [6, 6.07) is 39.4. The number of fused-ring (bicyclic) bond motifs is 1. The number of ketones is 2. The van der Waals surface area contributed by atoms with Crippen LogP contribution in [0.5, 0.6) is 5.75 Å². The van der Waals surface area contributed by atoms with Crippen molar-refractivity contribution in [2.45, 2.75) is 88.2 Å². The molecule has 13 rings (SSSR count). The summed E-state index contributed by atoms with van der Waals surface area (Å²) < 4.78 is 84.5. The molecule has 0 saturated carbocycles. The SMILES string of the molecule is C.CC(=O)c1cc(C(=O)NCc2ccc(F)c(C)c2)nc(N)n1.CC(=O)c1cc(C(=O)NCc2ccc(F)c(C)c2)ncn1.COC(=O)c1cc(C(=O)NCc2ccc(F)c(C)c2)ncn1.COC(=O)c1cc(C(=O)NCc2ccc(F)c(Cl)c2)ncn1.COC(=O)c1cc(C(=O)NCc2ccc3c(c2)NC(=O)CO3)ncn1.Cc1cc(CNC(=O)c2ccccn2)ccc1F. The summed E-state index contributed by atoms with van der Waals surface area (Å²) in [6.07, 6.45) is 6.07. The van der Waals surface area contributed by atoms with Gasteiger partial charge < -0.3 is 61.9 Å². The van der Waals surface area contributed by atoms with Crippen LogP contribution in [0.15, 0.2) is 189 Å². The summed E-state index contributed by atoms with van der Waals surface area (Å²) in [5.74, 6) is -6.54. The summed E-state index contributed by atoms with van der Waals surface area (Å²) in [4.78, 5) is 182. The lowest BCUT2D eigenvalue weighted by Crippen LogP contribution is -2.26. The van der Waals surface area contributed by atoms with Crippen LogP contribution < -0.4 is 47.7 Å². The second kappa shape index (κ2) is 50.0. The van der Waals surface area contributed by atoms with Crippen molar-refractivity contribution in [1.29, 1.82) is 0 Å². The highest BCUT2D eigenvalue weighted by Crippen LogP contribution is 2.29. The zero-order valence-corrected chi connectivity index (χ0v) is 71.4. The number of carbonyl (C=O) groups excluding carboxylic acids is 12. The number of benzene rings is 6. The molecule has 0 atom stereocenters. The van der Waals surface area contributed by atoms with E-state index < -0.39 is 53.3 Å². The van der Waals surface area contributed by atoms with Crippen molar-refractivity contribution in [2.24, 2.45) is 0 Å². The second-order valence-corrected chi connectivity index (χ2v) is 27.7. The first-order chi connectivity index (χ1) is 62.1. The van der Waals surface area contributed by atoms with Crippen LogP contribution >= 0.6 is 11.6 Å². The number of amides is 7. The van der Waals surface area contributed by atoms with Crippen molar-refractivity contribution in [1.82, 2.24) is 86.7 Å². The molecule has 41 heteroatoms. The Hall–Kier alpha value is -16.6. The normalized spacial score (nSPS) is 10.5. The van der Waals surface area contributed by atoms with E-state index in [-0.39, 0.29) is 161 Å². The molecule has 0 fully saturated rings. The van der Waals surface area contributed by atoms with Crippen molar-refractivity contribution < 1.29 is 98.4 Å². The number of ether oxygens (including phenoxy) is 4. The molecule has 131 heavy (non-hydrogen) atoms. The lowest BCUT2D eigenvalue weighted by molar-refractivity contribution is -0.118. The Bertz CT molecular complexity index is 6080. The topological polar surface area (TPSA) is 494 Å². The molecule has 12 aromatic rings. The van der Waals surface area contributed by atoms with Gasteiger partial charge in [-0.15, -0.1) is 0 Å². The van der Waals surface area contributed by atoms with Gasteiger partial charge in [-0.1, -0.05) is 85.8 Å². The number of nitrogen functional groups attached to an aromatic ring is 1. The molecule has 0 bridgehead atoms. The fraction of sp³-hybridized carbons (Fsp3) is 0.189. The van der Waals surface area contributed by atoms with E-state index in [1.54, 1.807) is 119 Å². The number of rotatable bonds is 23. The number of hydrogen-bond acceptors (Lipinski definition) is 28. The van der Waals surface area contributed by atoms with Gasteiger partial charge in [0, 0.05) is 77.5 Å². The summed E-state index contributed by atoms with van der Waals surface area (Å²) in [7, 11) is 3.66. The van der Waals surface area contributed by atoms with Crippen molar-refractivity contribution in [3.8, 4) is 5.75 Å². The minimum atomic E-state index is -0.665. The van der Waals surface area contributed by atoms with Gasteiger partial charge >= 0.3 is 17.9 Å². The summed E-state index contributed by atoms with van der Waals surface area (Å²) >= 11 is 5.66. The highest BCUT2D eigenvalue weighted by atomic mass is 35.5. The molecule has 9 N–H and O–H groups in total. The molecule has 0 spiro atoms. The lowest BCUT2D eigenvalue weighted by atomic mass is 10.1. The van der Waals surface area contributed by atoms with Crippen molar-refractivity contribution >= 4 is 94.1 Å². The van der Waals surface area contributed by atoms with Crippen molar-refractivity contribution in [2.75, 3.05) is 39.0 Å². The Morgan fingerprint density at radius 1 is 0.374 bits per heavy atom. The highest BCUT2D eigenvalue weighted by Gasteiger charge is 2.22. The maximum absolute atomic E-state index is 13.2. The van der Waals surface area contributed by atoms with Gasteiger partial charge in [0.25, 0.3) is 41.4 Å². The first kappa shape index (κ1) is 102. The van der Waals surface area contributed by atoms with Crippen LogP contribution in [0, 0.1) is 56.8 Å². The number of nitrogens with one attached hydrogen (secondary N) is 7. The molecule has 6 aromatic carbocycles. The number of anilines is 2. The third kappa shape index (κ3) is 31.8. The third-order valence-corrected chi connectivity index (χ3v) is 17.9. The zero-order valence-electron chi connectivity index (χ0n) is 70.6. The van der Waals surface area contributed by atoms with Crippen LogP contribution in [0.4, 0.5) is 33.6 Å². The molecule has 7 heterocycles. The summed E-state index contributed by atoms with van der Waals surface area (Å²) in [6.45, 7) is 10.7. The number of Topliss-reactive ketones (excluding diaryl/α,β-unsaturated/α-hetero) is 2. The number of methoxy groups -OCH3 is 3. The number of esters is 3. The average molecular weight is 1820 g/mol. The Morgan fingerprint density at radius 2 is 0.672 bits per heavy atom. The Labute approximate surface area is 750 Å². The van der Waals surface area contributed by atoms with Gasteiger partial charge in [0.15, 0.2) is 35.3 Å². The minimum Gasteiger partial charge on any atom is -0.482 e. The molecule has 7 amide bonds. The number of nitrogens with zero attached hydrogens (tertiary/aromatic N) is 11. The van der Waals surface area contributed by atoms with Gasteiger partial charge in [-0.05, 0) is 156 Å². The Morgan fingerprint density at radius 3 is 1.01 bits per heavy atom. The van der Waals surface area contributed by atoms with Gasteiger partial charge in [0.1, 0.15) is 106 Å². The number of aryl methyl sites for hydroxylation is 4. The Balaban J connectivity index is 0.000000215. The predicted molar refractivity (Wildman–Crippen MR) is 463 cm³/mol. The van der Waals surface area contributed by atoms with E-state index in [2.05, 4.69) is 106 Å². The average Bonchev–Trinajstić information content (AvgIpc) is 0.824. The van der Waals surface area contributed by atoms with Crippen LogP contribution in [0.3, 0.4) is 0 Å². The molecule has 0 radical (unpaired) electrons. The van der Waals surface area contributed by atoms with E-state index in [4.69, 9.17) is 22.1 Å². The van der Waals surface area contributed by atoms with Gasteiger partial charge in [0.2, 0.25) is 5.95 Å². The molecule has 678 valence electrons. The van der Waals surface area contributed by atoms with E-state index in [0.29, 0.717) is 51.5 Å². The second-order valence-electron chi connectivity index (χ2n) is 27.3. The molecule has 0 unspecified atom stereocenters. The largest absolute Gasteiger partial charge is 0.482 e. The number of halogens is 6. The molecule has 6 aromatic heterocycles. The first-order valence-electron chi connectivity index (χ1n) is 38.4. The van der Waals surface area contributed by atoms with Crippen molar-refractivity contribution in [3.63, 3.8) is 0 Å². The van der Waals surface area contributed by atoms with E-state index in [1.807, 2.05) is 0 Å². The van der Waals surface area contributed by atoms with E-state index in [9.17, 15) is 79.5 Å². The molecule has 1 aliphatic heterocycles. The standard InChI is InChI=1S/C16H14N4O5.C15H15FN4O2.C15H14FN3O3.C15H14FN3O2.C14H11ClFN3O3.C14H13FN2O.CH4/c1-24-16(23)12-5-11(18-8-19-12)15(22)17-6-9-2-3-13-10(4-9)20-14(21)7-25-13;1-8-5-10(3-4-11(8)16)7-18-14(22)13-6-12(9(2)21)19-15(17)20-13;1-9-5-10(3-4-11(9)16)7-17-14(20)12-6-13(15(21)22-2)19-8-18-12;1-9-5-11(3-4-12(9)16)7-17-15(21)14-6-13(10(2)20)18-8-19-14;1-22-14(21)12-5-11(18-7-19-12)13(20)17-6-8-2-3-10(16)9(15)4-8;1-10-8-11(5-6-12(10)15)9-17-14(18)13-4-2-3-7-16-13;/h2-5,8H,6-7H2,1H3,(H,17,22)(H,20,21);3-6H,7H2,1-2H3,(H,18,22)(H2,17,19,20);3-6,8H,7H2,1-2H3,(H,17,20);3-6,8H,7H2,1-2H3,(H,17,21);2-5,7H,6H2,1H3,(H,17,20);2-8H,9H2,1H3,(H,17,18);1H4. The highest BCUT2D eigenvalue weighted by molar-refractivity contribution is 6.30. The number of carbonyl (C=O) groups is 12. The van der Waals surface area contributed by atoms with Gasteiger partial charge in [0.05, 0.1) is 32.0 Å². The van der Waals surface area contributed by atoms with Gasteiger partial charge in [-0.25, -0.2) is 86.2 Å². The van der Waals surface area contributed by atoms with Gasteiger partial charge in [-0.2, -0.15) is 0 Å². The van der Waals surface area contributed by atoms with Crippen LogP contribution in [0.1, 0.15) is 192 Å². The fourth-order valence-corrected chi connectivity index (χ4v) is 11.0. The smallest absolute Gasteiger partial charge is 0.356 e. The first-order valence-corrected chi connectivity index (χ1v) is 38.8. The van der Waals surface area contributed by atoms with Crippen LogP contribution in [0.2, 0.25) is 5.02 Å². The summed E-state index contributed by atoms with van der Waals surface area (Å²) in [5.41, 5.74) is 13.5. The minimum absolute atomic E-state index is 0. The van der Waals surface area contributed by atoms with Crippen molar-refractivity contribution in [3.05, 3.63) is 342 Å².